The van der Waals surface area contributed by atoms with Gasteiger partial charge in [0.25, 0.3) is 5.91 Å². The van der Waals surface area contributed by atoms with Gasteiger partial charge in [-0.2, -0.15) is 0 Å². The summed E-state index contributed by atoms with van der Waals surface area (Å²) in [7, 11) is 0. The molecule has 1 aromatic carbocycles. The molecule has 2 rings (SSSR count). The maximum absolute atomic E-state index is 12.3. The average molecular weight is 402 g/mol. The Morgan fingerprint density at radius 2 is 2.08 bits per heavy atom. The van der Waals surface area contributed by atoms with Gasteiger partial charge in [-0.15, -0.1) is 23.7 Å². The topological polar surface area (TPSA) is 84.2 Å². The fourth-order valence-electron chi connectivity index (χ4n) is 2.04. The van der Waals surface area contributed by atoms with Crippen molar-refractivity contribution in [3.05, 3.63) is 51.2 Å². The monoisotopic (exact) mass is 401 g/mol. The van der Waals surface area contributed by atoms with E-state index in [1.807, 2.05) is 24.4 Å². The smallest absolute Gasteiger partial charge is 0.253 e. The summed E-state index contributed by atoms with van der Waals surface area (Å²) in [6.07, 6.45) is 0.938. The molecule has 0 aliphatic carbocycles. The first-order valence-electron chi connectivity index (χ1n) is 7.61. The summed E-state index contributed by atoms with van der Waals surface area (Å²) < 4.78 is 0. The first kappa shape index (κ1) is 21.4. The van der Waals surface area contributed by atoms with Crippen molar-refractivity contribution in [2.45, 2.75) is 32.4 Å². The standard InChI is InChI=1S/C17H20ClN3O2S.ClH/c1-11(19)4-7-16(22)21-12-5-6-15(18)14(9-12)17(23)20-10-13-3-2-8-24-13;/h2-3,5-6,8-9,11H,4,7,10,19H2,1H3,(H,20,23)(H,21,22);1H. The van der Waals surface area contributed by atoms with E-state index in [0.29, 0.717) is 35.7 Å². The maximum Gasteiger partial charge on any atom is 0.253 e. The van der Waals surface area contributed by atoms with Gasteiger partial charge < -0.3 is 16.4 Å². The Kier molecular flexibility index (Phi) is 8.92. The van der Waals surface area contributed by atoms with Gasteiger partial charge in [-0.05, 0) is 43.0 Å². The lowest BCUT2D eigenvalue weighted by Crippen LogP contribution is -2.23. The lowest BCUT2D eigenvalue weighted by molar-refractivity contribution is -0.116. The fraction of sp³-hybridized carbons (Fsp3) is 0.294. The number of carbonyl (C=O) groups excluding carboxylic acids is 2. The average Bonchev–Trinajstić information content (AvgIpc) is 3.06. The number of nitrogens with one attached hydrogen (secondary N) is 2. The van der Waals surface area contributed by atoms with Crippen LogP contribution in [0, 0.1) is 0 Å². The predicted octanol–water partition coefficient (Wildman–Crippen LogP) is 3.82. The van der Waals surface area contributed by atoms with Crippen molar-refractivity contribution in [3.8, 4) is 0 Å². The van der Waals surface area contributed by atoms with Crippen molar-refractivity contribution in [1.29, 1.82) is 0 Å². The molecule has 2 amide bonds. The molecular formula is C17H21Cl2N3O2S. The lowest BCUT2D eigenvalue weighted by atomic mass is 10.1. The van der Waals surface area contributed by atoms with E-state index >= 15 is 0 Å². The SMILES string of the molecule is CC(N)CCC(=O)Nc1ccc(Cl)c(C(=O)NCc2cccs2)c1.Cl. The number of thiophene rings is 1. The molecule has 0 bridgehead atoms. The zero-order valence-corrected chi connectivity index (χ0v) is 16.1. The van der Waals surface area contributed by atoms with E-state index in [0.717, 1.165) is 4.88 Å². The summed E-state index contributed by atoms with van der Waals surface area (Å²) in [6, 6.07) is 8.69. The zero-order chi connectivity index (χ0) is 17.5. The van der Waals surface area contributed by atoms with Crippen LogP contribution in [-0.4, -0.2) is 17.9 Å². The van der Waals surface area contributed by atoms with Crippen LogP contribution in [0.2, 0.25) is 5.02 Å². The highest BCUT2D eigenvalue weighted by Gasteiger charge is 2.12. The third-order valence-electron chi connectivity index (χ3n) is 3.32. The number of amides is 2. The molecule has 136 valence electrons. The number of nitrogens with two attached hydrogens (primary N) is 1. The molecule has 0 aliphatic heterocycles. The van der Waals surface area contributed by atoms with Gasteiger partial charge in [0.15, 0.2) is 0 Å². The molecule has 0 aliphatic rings. The molecule has 8 heteroatoms. The lowest BCUT2D eigenvalue weighted by Gasteiger charge is -2.10. The van der Waals surface area contributed by atoms with E-state index in [4.69, 9.17) is 17.3 Å². The Labute approximate surface area is 162 Å². The second kappa shape index (κ2) is 10.4. The van der Waals surface area contributed by atoms with Crippen LogP contribution in [0.3, 0.4) is 0 Å². The summed E-state index contributed by atoms with van der Waals surface area (Å²) >= 11 is 7.67. The Morgan fingerprint density at radius 3 is 2.72 bits per heavy atom. The highest BCUT2D eigenvalue weighted by atomic mass is 35.5. The molecule has 2 aromatic rings. The number of hydrogen-bond acceptors (Lipinski definition) is 4. The molecule has 1 aromatic heterocycles. The number of anilines is 1. The Hall–Kier alpha value is -1.60. The van der Waals surface area contributed by atoms with E-state index in [2.05, 4.69) is 10.6 Å². The van der Waals surface area contributed by atoms with Gasteiger partial charge in [0.05, 0.1) is 17.1 Å². The Balaban J connectivity index is 0.00000312. The Morgan fingerprint density at radius 1 is 1.32 bits per heavy atom. The van der Waals surface area contributed by atoms with Crippen molar-refractivity contribution in [3.63, 3.8) is 0 Å². The highest BCUT2D eigenvalue weighted by Crippen LogP contribution is 2.21. The molecule has 4 N–H and O–H groups in total. The molecule has 1 heterocycles. The van der Waals surface area contributed by atoms with Crippen molar-refractivity contribution in [2.75, 3.05) is 5.32 Å². The number of rotatable bonds is 7. The van der Waals surface area contributed by atoms with Gasteiger partial charge in [-0.3, -0.25) is 9.59 Å². The number of hydrogen-bond donors (Lipinski definition) is 3. The van der Waals surface area contributed by atoms with E-state index in [9.17, 15) is 9.59 Å². The van der Waals surface area contributed by atoms with Gasteiger partial charge in [-0.25, -0.2) is 0 Å². The minimum Gasteiger partial charge on any atom is -0.347 e. The van der Waals surface area contributed by atoms with Crippen molar-refractivity contribution in [2.24, 2.45) is 5.73 Å². The maximum atomic E-state index is 12.3. The van der Waals surface area contributed by atoms with Gasteiger partial charge >= 0.3 is 0 Å². The van der Waals surface area contributed by atoms with Crippen molar-refractivity contribution in [1.82, 2.24) is 5.32 Å². The predicted molar refractivity (Wildman–Crippen MR) is 106 cm³/mol. The van der Waals surface area contributed by atoms with Gasteiger partial charge in [0.1, 0.15) is 0 Å². The summed E-state index contributed by atoms with van der Waals surface area (Å²) in [5.41, 5.74) is 6.51. The summed E-state index contributed by atoms with van der Waals surface area (Å²) in [4.78, 5) is 25.2. The van der Waals surface area contributed by atoms with E-state index in [1.54, 1.807) is 29.5 Å². The van der Waals surface area contributed by atoms with Crippen molar-refractivity contribution < 1.29 is 9.59 Å². The van der Waals surface area contributed by atoms with Crippen LogP contribution in [0.4, 0.5) is 5.69 Å². The molecule has 25 heavy (non-hydrogen) atoms. The van der Waals surface area contributed by atoms with Crippen molar-refractivity contribution >= 4 is 52.8 Å². The number of halogens is 2. The highest BCUT2D eigenvalue weighted by molar-refractivity contribution is 7.09. The van der Waals surface area contributed by atoms with Crippen LogP contribution in [0.15, 0.2) is 35.7 Å². The summed E-state index contributed by atoms with van der Waals surface area (Å²) in [5, 5.41) is 7.87. The molecule has 0 radical (unpaired) electrons. The van der Waals surface area contributed by atoms with Crippen LogP contribution in [0.1, 0.15) is 35.0 Å². The van der Waals surface area contributed by atoms with E-state index < -0.39 is 0 Å². The molecule has 1 atom stereocenters. The quantitative estimate of drug-likeness (QED) is 0.658. The van der Waals surface area contributed by atoms with Crippen LogP contribution in [-0.2, 0) is 11.3 Å². The molecular weight excluding hydrogens is 381 g/mol. The largest absolute Gasteiger partial charge is 0.347 e. The molecule has 1 unspecified atom stereocenters. The van der Waals surface area contributed by atoms with Crippen LogP contribution < -0.4 is 16.4 Å². The second-order valence-corrected chi connectivity index (χ2v) is 6.96. The second-order valence-electron chi connectivity index (χ2n) is 5.52. The first-order chi connectivity index (χ1) is 11.5. The molecule has 0 fully saturated rings. The third kappa shape index (κ3) is 7.04. The zero-order valence-electron chi connectivity index (χ0n) is 13.8. The number of carbonyl (C=O) groups is 2. The summed E-state index contributed by atoms with van der Waals surface area (Å²) in [6.45, 7) is 2.30. The fourth-order valence-corrected chi connectivity index (χ4v) is 2.88. The minimum absolute atomic E-state index is 0. The van der Waals surface area contributed by atoms with Crippen LogP contribution in [0.5, 0.6) is 0 Å². The molecule has 0 spiro atoms. The molecule has 5 nitrogen and oxygen atoms in total. The molecule has 0 saturated heterocycles. The normalized spacial score (nSPS) is 11.3. The summed E-state index contributed by atoms with van der Waals surface area (Å²) in [5.74, 6) is -0.417. The first-order valence-corrected chi connectivity index (χ1v) is 8.87. The number of benzene rings is 1. The van der Waals surface area contributed by atoms with Crippen LogP contribution >= 0.6 is 35.3 Å². The van der Waals surface area contributed by atoms with Crippen LogP contribution in [0.25, 0.3) is 0 Å². The molecule has 0 saturated carbocycles. The van der Waals surface area contributed by atoms with Gasteiger partial charge in [-0.1, -0.05) is 17.7 Å². The minimum atomic E-state index is -0.278. The van der Waals surface area contributed by atoms with Gasteiger partial charge in [0, 0.05) is 23.0 Å². The Bertz CT molecular complexity index is 706. The van der Waals surface area contributed by atoms with E-state index in [1.165, 1.54) is 0 Å². The third-order valence-corrected chi connectivity index (χ3v) is 4.53. The van der Waals surface area contributed by atoms with E-state index in [-0.39, 0.29) is 30.3 Å². The van der Waals surface area contributed by atoms with Gasteiger partial charge in [0.2, 0.25) is 5.91 Å².